The zero-order chi connectivity index (χ0) is 14.1. The van der Waals surface area contributed by atoms with Crippen molar-refractivity contribution in [2.45, 2.75) is 6.92 Å². The Kier molecular flexibility index (Phi) is 2.83. The Bertz CT molecular complexity index is 825. The molecule has 1 aromatic carbocycles. The molecule has 0 amide bonds. The maximum Gasteiger partial charge on any atom is 0.302 e. The molecule has 0 aliphatic heterocycles. The summed E-state index contributed by atoms with van der Waals surface area (Å²) in [5.41, 5.74) is 7.28. The highest BCUT2D eigenvalue weighted by Crippen LogP contribution is 2.18. The molecule has 3 N–H and O–H groups in total. The van der Waals surface area contributed by atoms with Crippen LogP contribution in [0.15, 0.2) is 41.3 Å². The summed E-state index contributed by atoms with van der Waals surface area (Å²) >= 11 is 0. The minimum Gasteiger partial charge on any atom is -0.424 e. The first-order valence-electron chi connectivity index (χ1n) is 6.02. The van der Waals surface area contributed by atoms with Crippen LogP contribution in [-0.2, 0) is 0 Å². The highest BCUT2D eigenvalue weighted by Gasteiger charge is 2.06. The van der Waals surface area contributed by atoms with Crippen molar-refractivity contribution in [2.75, 3.05) is 5.73 Å². The molecular formula is C14H12N4O2. The van der Waals surface area contributed by atoms with Gasteiger partial charge in [0, 0.05) is 11.4 Å². The maximum atomic E-state index is 11.9. The molecule has 6 heteroatoms. The van der Waals surface area contributed by atoms with Gasteiger partial charge in [-0.25, -0.2) is 0 Å². The van der Waals surface area contributed by atoms with Gasteiger partial charge in [-0.2, -0.15) is 4.98 Å². The number of hydrogen-bond donors (Lipinski definition) is 2. The van der Waals surface area contributed by atoms with Crippen LogP contribution in [0.5, 0.6) is 11.8 Å². The second kappa shape index (κ2) is 4.65. The molecule has 0 fully saturated rings. The number of nitrogen functional groups attached to an aromatic ring is 1. The molecule has 0 radical (unpaired) electrons. The van der Waals surface area contributed by atoms with Crippen molar-refractivity contribution in [1.82, 2.24) is 15.0 Å². The fraction of sp³-hybridized carbons (Fsp3) is 0.0714. The third-order valence-electron chi connectivity index (χ3n) is 2.81. The van der Waals surface area contributed by atoms with Gasteiger partial charge in [0.05, 0.1) is 17.1 Å². The van der Waals surface area contributed by atoms with Crippen LogP contribution in [0, 0.1) is 6.92 Å². The van der Waals surface area contributed by atoms with Crippen molar-refractivity contribution < 1.29 is 4.74 Å². The zero-order valence-corrected chi connectivity index (χ0v) is 10.8. The Hall–Kier alpha value is -2.89. The van der Waals surface area contributed by atoms with Crippen molar-refractivity contribution >= 4 is 16.6 Å². The number of hydrogen-bond acceptors (Lipinski definition) is 5. The number of fused-ring (bicyclic) bond motifs is 1. The summed E-state index contributed by atoms with van der Waals surface area (Å²) in [7, 11) is 0. The summed E-state index contributed by atoms with van der Waals surface area (Å²) in [5, 5.41) is 0.430. The molecule has 3 rings (SSSR count). The van der Waals surface area contributed by atoms with Crippen molar-refractivity contribution in [3.8, 4) is 11.8 Å². The number of benzene rings is 1. The first kappa shape index (κ1) is 12.2. The first-order chi connectivity index (χ1) is 9.61. The molecule has 0 atom stereocenters. The molecule has 0 bridgehead atoms. The van der Waals surface area contributed by atoms with E-state index in [9.17, 15) is 4.79 Å². The number of nitrogens with one attached hydrogen (secondary N) is 1. The minimum absolute atomic E-state index is 0.123. The molecule has 0 spiro atoms. The predicted molar refractivity (Wildman–Crippen MR) is 75.8 cm³/mol. The largest absolute Gasteiger partial charge is 0.424 e. The maximum absolute atomic E-state index is 11.9. The van der Waals surface area contributed by atoms with E-state index < -0.39 is 0 Å². The van der Waals surface area contributed by atoms with Gasteiger partial charge in [0.1, 0.15) is 5.75 Å². The molecule has 0 aliphatic rings. The highest BCUT2D eigenvalue weighted by molar-refractivity contribution is 5.81. The molecule has 0 saturated carbocycles. The predicted octanol–water partition coefficient (Wildman–Crippen LogP) is 2.00. The molecule has 0 unspecified atom stereocenters. The normalized spacial score (nSPS) is 10.7. The van der Waals surface area contributed by atoms with Crippen molar-refractivity contribution in [3.63, 3.8) is 0 Å². The summed E-state index contributed by atoms with van der Waals surface area (Å²) in [6.07, 6.45) is 1.57. The van der Waals surface area contributed by atoms with E-state index in [-0.39, 0.29) is 11.6 Å². The first-order valence-corrected chi connectivity index (χ1v) is 6.02. The van der Waals surface area contributed by atoms with Crippen LogP contribution in [0.4, 0.5) is 5.69 Å². The van der Waals surface area contributed by atoms with Gasteiger partial charge in [0.25, 0.3) is 5.56 Å². The van der Waals surface area contributed by atoms with E-state index in [4.69, 9.17) is 10.5 Å². The molecular weight excluding hydrogens is 256 g/mol. The number of aromatic nitrogens is 3. The van der Waals surface area contributed by atoms with E-state index in [1.54, 1.807) is 30.5 Å². The van der Waals surface area contributed by atoms with Crippen LogP contribution in [0.3, 0.4) is 0 Å². The molecule has 100 valence electrons. The van der Waals surface area contributed by atoms with Gasteiger partial charge in [-0.05, 0) is 37.3 Å². The number of H-pyrrole nitrogens is 1. The Morgan fingerprint density at radius 2 is 2.10 bits per heavy atom. The smallest absolute Gasteiger partial charge is 0.302 e. The van der Waals surface area contributed by atoms with Gasteiger partial charge >= 0.3 is 6.01 Å². The second-order valence-corrected chi connectivity index (χ2v) is 4.39. The lowest BCUT2D eigenvalue weighted by Crippen LogP contribution is -2.09. The molecule has 2 heterocycles. The summed E-state index contributed by atoms with van der Waals surface area (Å²) in [5.74, 6) is 0.508. The number of ether oxygens (including phenoxy) is 1. The summed E-state index contributed by atoms with van der Waals surface area (Å²) in [6, 6.07) is 8.65. The Morgan fingerprint density at radius 1 is 1.25 bits per heavy atom. The third kappa shape index (κ3) is 2.31. The fourth-order valence-electron chi connectivity index (χ4n) is 1.81. The standard InChI is InChI=1S/C14H12N4O2/c1-8-2-4-10(7-16-8)20-14-17-12-5-3-9(15)6-11(12)13(19)18-14/h2-7H,15H2,1H3,(H,17,18,19). The molecule has 0 aliphatic carbocycles. The molecule has 3 aromatic rings. The second-order valence-electron chi connectivity index (χ2n) is 4.39. The van der Waals surface area contributed by atoms with Crippen LogP contribution >= 0.6 is 0 Å². The van der Waals surface area contributed by atoms with Gasteiger partial charge in [-0.3, -0.25) is 14.8 Å². The van der Waals surface area contributed by atoms with E-state index in [1.807, 2.05) is 13.0 Å². The van der Waals surface area contributed by atoms with Crippen LogP contribution < -0.4 is 16.0 Å². The van der Waals surface area contributed by atoms with Crippen LogP contribution in [0.1, 0.15) is 5.69 Å². The number of aryl methyl sites for hydroxylation is 1. The van der Waals surface area contributed by atoms with E-state index in [2.05, 4.69) is 15.0 Å². The van der Waals surface area contributed by atoms with Gasteiger partial charge < -0.3 is 10.5 Å². The van der Waals surface area contributed by atoms with Crippen molar-refractivity contribution in [3.05, 3.63) is 52.6 Å². The van der Waals surface area contributed by atoms with Gasteiger partial charge in [-0.1, -0.05) is 0 Å². The zero-order valence-electron chi connectivity index (χ0n) is 10.8. The lowest BCUT2D eigenvalue weighted by Gasteiger charge is -2.05. The SMILES string of the molecule is Cc1ccc(Oc2nc3ccc(N)cc3c(=O)[nH]2)cn1. The number of pyridine rings is 1. The average molecular weight is 268 g/mol. The molecule has 20 heavy (non-hydrogen) atoms. The number of rotatable bonds is 2. The van der Waals surface area contributed by atoms with Crippen molar-refractivity contribution in [2.24, 2.45) is 0 Å². The Labute approximate surface area is 114 Å². The topological polar surface area (TPSA) is 93.9 Å². The van der Waals surface area contributed by atoms with Crippen LogP contribution in [0.2, 0.25) is 0 Å². The average Bonchev–Trinajstić information content (AvgIpc) is 2.42. The number of nitrogens with two attached hydrogens (primary N) is 1. The van der Waals surface area contributed by atoms with E-state index in [0.29, 0.717) is 22.3 Å². The van der Waals surface area contributed by atoms with Crippen LogP contribution in [-0.4, -0.2) is 15.0 Å². The quantitative estimate of drug-likeness (QED) is 0.693. The van der Waals surface area contributed by atoms with E-state index >= 15 is 0 Å². The van der Waals surface area contributed by atoms with E-state index in [1.165, 1.54) is 0 Å². The molecule has 0 saturated heterocycles. The Balaban J connectivity index is 2.02. The number of nitrogens with zero attached hydrogens (tertiary/aromatic N) is 2. The van der Waals surface area contributed by atoms with Crippen molar-refractivity contribution in [1.29, 1.82) is 0 Å². The van der Waals surface area contributed by atoms with Gasteiger partial charge in [0.15, 0.2) is 0 Å². The summed E-state index contributed by atoms with van der Waals surface area (Å²) in [4.78, 5) is 22.9. The third-order valence-corrected chi connectivity index (χ3v) is 2.81. The lowest BCUT2D eigenvalue weighted by atomic mass is 10.2. The highest BCUT2D eigenvalue weighted by atomic mass is 16.5. The minimum atomic E-state index is -0.294. The molecule has 6 nitrogen and oxygen atoms in total. The lowest BCUT2D eigenvalue weighted by molar-refractivity contribution is 0.440. The summed E-state index contributed by atoms with van der Waals surface area (Å²) in [6.45, 7) is 1.88. The van der Waals surface area contributed by atoms with Crippen LogP contribution in [0.25, 0.3) is 10.9 Å². The fourth-order valence-corrected chi connectivity index (χ4v) is 1.81. The van der Waals surface area contributed by atoms with Gasteiger partial charge in [0.2, 0.25) is 0 Å². The van der Waals surface area contributed by atoms with E-state index in [0.717, 1.165) is 5.69 Å². The molecule has 2 aromatic heterocycles. The van der Waals surface area contributed by atoms with Gasteiger partial charge in [-0.15, -0.1) is 0 Å². The monoisotopic (exact) mass is 268 g/mol. The number of aromatic amines is 1. The summed E-state index contributed by atoms with van der Waals surface area (Å²) < 4.78 is 5.49. The Morgan fingerprint density at radius 3 is 2.85 bits per heavy atom. The number of anilines is 1.